The zero-order valence-corrected chi connectivity index (χ0v) is 11.8. The predicted octanol–water partition coefficient (Wildman–Crippen LogP) is 2.52. The largest absolute Gasteiger partial charge is 0.490 e. The molecule has 4 nitrogen and oxygen atoms in total. The van der Waals surface area contributed by atoms with Crippen LogP contribution in [0.25, 0.3) is 0 Å². The van der Waals surface area contributed by atoms with Crippen molar-refractivity contribution in [3.63, 3.8) is 0 Å². The summed E-state index contributed by atoms with van der Waals surface area (Å²) in [6, 6.07) is 4.27. The number of benzene rings is 1. The number of hydrogen-bond donors (Lipinski definition) is 2. The summed E-state index contributed by atoms with van der Waals surface area (Å²) in [5.41, 5.74) is 5.35. The standard InChI is InChI=1S/C11H13Cl2NO3S/c12-7-2-1-3-8(13)10(7)17-4-5-18-6-9(14)11(15)16/h1-3,9H,4-6,14H2,(H,15,16)/t9-/m0/s1. The van der Waals surface area contributed by atoms with Crippen LogP contribution in [-0.2, 0) is 4.79 Å². The van der Waals surface area contributed by atoms with Gasteiger partial charge in [0.05, 0.1) is 16.7 Å². The lowest BCUT2D eigenvalue weighted by atomic mass is 10.3. The van der Waals surface area contributed by atoms with Crippen LogP contribution in [0.15, 0.2) is 18.2 Å². The number of carbonyl (C=O) groups is 1. The summed E-state index contributed by atoms with van der Waals surface area (Å²) in [6.07, 6.45) is 0. The van der Waals surface area contributed by atoms with Gasteiger partial charge in [0.15, 0.2) is 5.75 Å². The third-order valence-electron chi connectivity index (χ3n) is 2.01. The number of rotatable bonds is 7. The Morgan fingerprint density at radius 1 is 1.44 bits per heavy atom. The number of halogens is 2. The number of carboxylic acids is 1. The molecule has 3 N–H and O–H groups in total. The zero-order chi connectivity index (χ0) is 13.5. The maximum Gasteiger partial charge on any atom is 0.321 e. The number of ether oxygens (including phenoxy) is 1. The van der Waals surface area contributed by atoms with Gasteiger partial charge in [-0.15, -0.1) is 0 Å². The fraction of sp³-hybridized carbons (Fsp3) is 0.364. The number of nitrogens with two attached hydrogens (primary N) is 1. The van der Waals surface area contributed by atoms with Gasteiger partial charge in [-0.25, -0.2) is 0 Å². The number of hydrogen-bond acceptors (Lipinski definition) is 4. The van der Waals surface area contributed by atoms with Crippen molar-refractivity contribution < 1.29 is 14.6 Å². The Kier molecular flexibility index (Phi) is 6.63. The van der Waals surface area contributed by atoms with E-state index in [0.29, 0.717) is 33.9 Å². The highest BCUT2D eigenvalue weighted by molar-refractivity contribution is 7.99. The molecule has 1 atom stereocenters. The van der Waals surface area contributed by atoms with E-state index in [1.807, 2.05) is 0 Å². The number of carboxylic acid groups (broad SMARTS) is 1. The summed E-state index contributed by atoms with van der Waals surface area (Å²) in [7, 11) is 0. The summed E-state index contributed by atoms with van der Waals surface area (Å²) in [5.74, 6) is 0.402. The Morgan fingerprint density at radius 2 is 2.06 bits per heavy atom. The van der Waals surface area contributed by atoms with Gasteiger partial charge in [-0.2, -0.15) is 11.8 Å². The minimum absolute atomic E-state index is 0.342. The molecular formula is C11H13Cl2NO3S. The van der Waals surface area contributed by atoms with Crippen molar-refractivity contribution >= 4 is 40.9 Å². The van der Waals surface area contributed by atoms with Crippen LogP contribution in [0.4, 0.5) is 0 Å². The van der Waals surface area contributed by atoms with Gasteiger partial charge in [-0.1, -0.05) is 29.3 Å². The number of para-hydroxylation sites is 1. The van der Waals surface area contributed by atoms with Crippen molar-refractivity contribution in [2.75, 3.05) is 18.1 Å². The van der Waals surface area contributed by atoms with Crippen molar-refractivity contribution in [1.82, 2.24) is 0 Å². The Morgan fingerprint density at radius 3 is 2.61 bits per heavy atom. The monoisotopic (exact) mass is 309 g/mol. The topological polar surface area (TPSA) is 72.5 Å². The molecule has 100 valence electrons. The first kappa shape index (κ1) is 15.4. The van der Waals surface area contributed by atoms with Crippen molar-refractivity contribution in [2.24, 2.45) is 5.73 Å². The van der Waals surface area contributed by atoms with Crippen LogP contribution >= 0.6 is 35.0 Å². The van der Waals surface area contributed by atoms with Gasteiger partial charge >= 0.3 is 5.97 Å². The van der Waals surface area contributed by atoms with E-state index in [2.05, 4.69) is 0 Å². The van der Waals surface area contributed by atoms with E-state index in [9.17, 15) is 4.79 Å². The number of aliphatic carboxylic acids is 1. The van der Waals surface area contributed by atoms with Gasteiger partial charge in [0.2, 0.25) is 0 Å². The molecule has 0 radical (unpaired) electrons. The normalized spacial score (nSPS) is 12.2. The molecule has 0 fully saturated rings. The van der Waals surface area contributed by atoms with Gasteiger partial charge < -0.3 is 15.6 Å². The lowest BCUT2D eigenvalue weighted by Gasteiger charge is -2.10. The molecule has 7 heteroatoms. The third kappa shape index (κ3) is 4.94. The highest BCUT2D eigenvalue weighted by atomic mass is 35.5. The Balaban J connectivity index is 2.28. The van der Waals surface area contributed by atoms with Crippen LogP contribution < -0.4 is 10.5 Å². The predicted molar refractivity (Wildman–Crippen MR) is 74.9 cm³/mol. The fourth-order valence-corrected chi connectivity index (χ4v) is 2.38. The molecule has 1 rings (SSSR count). The second-order valence-electron chi connectivity index (χ2n) is 3.42. The average molecular weight is 310 g/mol. The first-order valence-electron chi connectivity index (χ1n) is 5.15. The van der Waals surface area contributed by atoms with E-state index in [0.717, 1.165) is 0 Å². The minimum atomic E-state index is -1.00. The summed E-state index contributed by atoms with van der Waals surface area (Å²) < 4.78 is 5.44. The van der Waals surface area contributed by atoms with E-state index < -0.39 is 12.0 Å². The minimum Gasteiger partial charge on any atom is -0.490 e. The summed E-state index contributed by atoms with van der Waals surface area (Å²) in [4.78, 5) is 10.5. The van der Waals surface area contributed by atoms with Crippen LogP contribution in [0.2, 0.25) is 10.0 Å². The summed E-state index contributed by atoms with van der Waals surface area (Å²) in [6.45, 7) is 0.389. The van der Waals surface area contributed by atoms with Crippen molar-refractivity contribution in [3.05, 3.63) is 28.2 Å². The Labute approximate surface area is 119 Å². The molecule has 0 amide bonds. The van der Waals surface area contributed by atoms with E-state index >= 15 is 0 Å². The highest BCUT2D eigenvalue weighted by Gasteiger charge is 2.11. The molecule has 1 aromatic rings. The maximum atomic E-state index is 10.5. The molecule has 0 aromatic heterocycles. The lowest BCUT2D eigenvalue weighted by molar-refractivity contribution is -0.137. The molecule has 0 aliphatic carbocycles. The molecule has 0 aliphatic heterocycles. The van der Waals surface area contributed by atoms with Gasteiger partial charge in [-0.3, -0.25) is 4.79 Å². The zero-order valence-electron chi connectivity index (χ0n) is 9.44. The summed E-state index contributed by atoms with van der Waals surface area (Å²) >= 11 is 13.2. The van der Waals surface area contributed by atoms with Gasteiger partial charge in [0, 0.05) is 11.5 Å². The van der Waals surface area contributed by atoms with Gasteiger partial charge in [0.1, 0.15) is 6.04 Å². The first-order valence-corrected chi connectivity index (χ1v) is 7.06. The molecule has 0 spiro atoms. The first-order chi connectivity index (χ1) is 8.52. The molecule has 0 bridgehead atoms. The second kappa shape index (κ2) is 7.74. The maximum absolute atomic E-state index is 10.5. The lowest BCUT2D eigenvalue weighted by Crippen LogP contribution is -2.32. The van der Waals surface area contributed by atoms with Gasteiger partial charge in [-0.05, 0) is 12.1 Å². The summed E-state index contributed by atoms with van der Waals surface area (Å²) in [5, 5.41) is 9.49. The molecule has 1 aromatic carbocycles. The molecule has 18 heavy (non-hydrogen) atoms. The van der Waals surface area contributed by atoms with Crippen LogP contribution in [0.3, 0.4) is 0 Å². The second-order valence-corrected chi connectivity index (χ2v) is 5.38. The highest BCUT2D eigenvalue weighted by Crippen LogP contribution is 2.32. The van der Waals surface area contributed by atoms with E-state index in [-0.39, 0.29) is 0 Å². The van der Waals surface area contributed by atoms with Crippen molar-refractivity contribution in [2.45, 2.75) is 6.04 Å². The third-order valence-corrected chi connectivity index (χ3v) is 3.65. The van der Waals surface area contributed by atoms with Crippen LogP contribution in [0.1, 0.15) is 0 Å². The molecule has 0 unspecified atom stereocenters. The van der Waals surface area contributed by atoms with Crippen LogP contribution in [-0.4, -0.2) is 35.2 Å². The van der Waals surface area contributed by atoms with E-state index in [1.165, 1.54) is 11.8 Å². The smallest absolute Gasteiger partial charge is 0.321 e. The number of thioether (sulfide) groups is 1. The molecule has 0 saturated carbocycles. The van der Waals surface area contributed by atoms with Gasteiger partial charge in [0.25, 0.3) is 0 Å². The fourth-order valence-electron chi connectivity index (χ4n) is 1.10. The molecule has 0 aliphatic rings. The SMILES string of the molecule is N[C@@H](CSCCOc1c(Cl)cccc1Cl)C(=O)O. The molecular weight excluding hydrogens is 297 g/mol. The molecule has 0 saturated heterocycles. The molecule has 0 heterocycles. The van der Waals surface area contributed by atoms with E-state index in [1.54, 1.807) is 18.2 Å². The van der Waals surface area contributed by atoms with Crippen LogP contribution in [0.5, 0.6) is 5.75 Å². The van der Waals surface area contributed by atoms with Crippen LogP contribution in [0, 0.1) is 0 Å². The Bertz CT molecular complexity index is 397. The quantitative estimate of drug-likeness (QED) is 0.757. The van der Waals surface area contributed by atoms with Crippen molar-refractivity contribution in [1.29, 1.82) is 0 Å². The van der Waals surface area contributed by atoms with E-state index in [4.69, 9.17) is 38.8 Å². The van der Waals surface area contributed by atoms with Crippen molar-refractivity contribution in [3.8, 4) is 5.75 Å². The Hall–Kier alpha value is -0.620. The average Bonchev–Trinajstić information content (AvgIpc) is 2.31.